The Bertz CT molecular complexity index is 405. The summed E-state index contributed by atoms with van der Waals surface area (Å²) in [7, 11) is -1.55. The molecular weight excluding hydrogens is 219 g/mol. The summed E-state index contributed by atoms with van der Waals surface area (Å²) in [5.74, 6) is -0.214. The van der Waals surface area contributed by atoms with Crippen molar-refractivity contribution in [3.63, 3.8) is 0 Å². The van der Waals surface area contributed by atoms with Crippen molar-refractivity contribution in [3.05, 3.63) is 29.8 Å². The molecule has 0 atom stereocenters. The SMILES string of the molecule is O=C(NN1CCCC1)c1cccc(B(O)O)c1. The summed E-state index contributed by atoms with van der Waals surface area (Å²) < 4.78 is 0. The van der Waals surface area contributed by atoms with Gasteiger partial charge < -0.3 is 10.0 Å². The molecule has 5 nitrogen and oxygen atoms in total. The quantitative estimate of drug-likeness (QED) is 0.593. The number of hydrogen-bond acceptors (Lipinski definition) is 4. The van der Waals surface area contributed by atoms with Gasteiger partial charge in [0, 0.05) is 18.7 Å². The van der Waals surface area contributed by atoms with Crippen molar-refractivity contribution in [2.75, 3.05) is 13.1 Å². The van der Waals surface area contributed by atoms with E-state index in [2.05, 4.69) is 5.43 Å². The van der Waals surface area contributed by atoms with Crippen LogP contribution in [0.5, 0.6) is 0 Å². The van der Waals surface area contributed by atoms with Crippen molar-refractivity contribution >= 4 is 18.5 Å². The zero-order valence-electron chi connectivity index (χ0n) is 9.47. The van der Waals surface area contributed by atoms with E-state index >= 15 is 0 Å². The summed E-state index contributed by atoms with van der Waals surface area (Å²) in [6.07, 6.45) is 2.19. The summed E-state index contributed by atoms with van der Waals surface area (Å²) in [4.78, 5) is 11.9. The Balaban J connectivity index is 2.05. The minimum Gasteiger partial charge on any atom is -0.423 e. The second-order valence-corrected chi connectivity index (χ2v) is 4.13. The molecule has 3 N–H and O–H groups in total. The second-order valence-electron chi connectivity index (χ2n) is 4.13. The van der Waals surface area contributed by atoms with Crippen LogP contribution in [0.15, 0.2) is 24.3 Å². The van der Waals surface area contributed by atoms with Gasteiger partial charge in [-0.3, -0.25) is 10.2 Å². The molecule has 90 valence electrons. The minimum absolute atomic E-state index is 0.214. The van der Waals surface area contributed by atoms with E-state index in [4.69, 9.17) is 10.0 Å². The highest BCUT2D eigenvalue weighted by atomic mass is 16.4. The fraction of sp³-hybridized carbons (Fsp3) is 0.364. The molecule has 1 aromatic carbocycles. The van der Waals surface area contributed by atoms with E-state index in [0.717, 1.165) is 25.9 Å². The molecule has 0 aliphatic carbocycles. The van der Waals surface area contributed by atoms with Gasteiger partial charge in [-0.25, -0.2) is 5.01 Å². The highest BCUT2D eigenvalue weighted by molar-refractivity contribution is 6.58. The van der Waals surface area contributed by atoms with Crippen molar-refractivity contribution in [1.82, 2.24) is 10.4 Å². The number of amides is 1. The third-order valence-electron chi connectivity index (χ3n) is 2.81. The fourth-order valence-electron chi connectivity index (χ4n) is 1.88. The maximum atomic E-state index is 11.9. The van der Waals surface area contributed by atoms with Crippen LogP contribution in [0, 0.1) is 0 Å². The van der Waals surface area contributed by atoms with E-state index in [1.165, 1.54) is 6.07 Å². The van der Waals surface area contributed by atoms with E-state index in [0.29, 0.717) is 11.0 Å². The van der Waals surface area contributed by atoms with Crippen molar-refractivity contribution in [2.24, 2.45) is 0 Å². The number of nitrogens with one attached hydrogen (secondary N) is 1. The number of carbonyl (C=O) groups is 1. The van der Waals surface area contributed by atoms with Crippen molar-refractivity contribution in [2.45, 2.75) is 12.8 Å². The first-order chi connectivity index (χ1) is 8.16. The third-order valence-corrected chi connectivity index (χ3v) is 2.81. The Morgan fingerprint density at radius 1 is 1.29 bits per heavy atom. The summed E-state index contributed by atoms with van der Waals surface area (Å²) in [6.45, 7) is 1.74. The van der Waals surface area contributed by atoms with Gasteiger partial charge in [-0.05, 0) is 30.4 Å². The van der Waals surface area contributed by atoms with Crippen LogP contribution in [0.25, 0.3) is 0 Å². The first kappa shape index (κ1) is 12.1. The topological polar surface area (TPSA) is 72.8 Å². The van der Waals surface area contributed by atoms with Gasteiger partial charge in [-0.2, -0.15) is 0 Å². The van der Waals surface area contributed by atoms with Gasteiger partial charge in [0.05, 0.1) is 0 Å². The summed E-state index contributed by atoms with van der Waals surface area (Å²) in [5, 5.41) is 19.9. The molecule has 1 amide bonds. The van der Waals surface area contributed by atoms with Crippen LogP contribution in [0.1, 0.15) is 23.2 Å². The summed E-state index contributed by atoms with van der Waals surface area (Å²) in [5.41, 5.74) is 3.54. The highest BCUT2D eigenvalue weighted by Crippen LogP contribution is 2.05. The van der Waals surface area contributed by atoms with Gasteiger partial charge in [0.15, 0.2) is 0 Å². The number of hydrogen-bond donors (Lipinski definition) is 3. The predicted molar refractivity (Wildman–Crippen MR) is 64.5 cm³/mol. The molecule has 1 aliphatic rings. The van der Waals surface area contributed by atoms with Crippen LogP contribution < -0.4 is 10.9 Å². The van der Waals surface area contributed by atoms with Gasteiger partial charge in [0.2, 0.25) is 0 Å². The van der Waals surface area contributed by atoms with Crippen LogP contribution in [0.2, 0.25) is 0 Å². The Morgan fingerprint density at radius 2 is 2.00 bits per heavy atom. The van der Waals surface area contributed by atoms with Gasteiger partial charge >= 0.3 is 7.12 Å². The van der Waals surface area contributed by atoms with Crippen LogP contribution in [-0.2, 0) is 0 Å². The molecule has 17 heavy (non-hydrogen) atoms. The zero-order valence-corrected chi connectivity index (χ0v) is 9.47. The lowest BCUT2D eigenvalue weighted by Crippen LogP contribution is -2.40. The average Bonchev–Trinajstić information content (AvgIpc) is 2.82. The average molecular weight is 234 g/mol. The molecule has 2 rings (SSSR count). The lowest BCUT2D eigenvalue weighted by Gasteiger charge is -2.16. The maximum Gasteiger partial charge on any atom is 0.488 e. The van der Waals surface area contributed by atoms with Gasteiger partial charge in [0.1, 0.15) is 0 Å². The van der Waals surface area contributed by atoms with E-state index in [1.54, 1.807) is 18.2 Å². The van der Waals surface area contributed by atoms with Crippen molar-refractivity contribution < 1.29 is 14.8 Å². The first-order valence-electron chi connectivity index (χ1n) is 5.69. The lowest BCUT2D eigenvalue weighted by atomic mass is 9.79. The smallest absolute Gasteiger partial charge is 0.423 e. The molecule has 1 fully saturated rings. The molecule has 6 heteroatoms. The van der Waals surface area contributed by atoms with E-state index in [9.17, 15) is 4.79 Å². The molecule has 0 spiro atoms. The maximum absolute atomic E-state index is 11.9. The molecule has 0 saturated carbocycles. The Morgan fingerprint density at radius 3 is 2.65 bits per heavy atom. The normalized spacial score (nSPS) is 15.9. The molecular formula is C11H15BN2O3. The fourth-order valence-corrected chi connectivity index (χ4v) is 1.88. The van der Waals surface area contributed by atoms with E-state index < -0.39 is 7.12 Å². The number of carbonyl (C=O) groups excluding carboxylic acids is 1. The third kappa shape index (κ3) is 3.06. The van der Waals surface area contributed by atoms with Gasteiger partial charge in [0.25, 0.3) is 5.91 Å². The molecule has 0 radical (unpaired) electrons. The first-order valence-corrected chi connectivity index (χ1v) is 5.69. The van der Waals surface area contributed by atoms with Crippen LogP contribution >= 0.6 is 0 Å². The highest BCUT2D eigenvalue weighted by Gasteiger charge is 2.17. The van der Waals surface area contributed by atoms with Crippen LogP contribution in [0.3, 0.4) is 0 Å². The Hall–Kier alpha value is -1.37. The lowest BCUT2D eigenvalue weighted by molar-refractivity contribution is 0.0826. The number of benzene rings is 1. The molecule has 0 unspecified atom stereocenters. The predicted octanol–water partition coefficient (Wildman–Crippen LogP) is -0.893. The van der Waals surface area contributed by atoms with E-state index in [-0.39, 0.29) is 5.91 Å². The number of nitrogens with zero attached hydrogens (tertiary/aromatic N) is 1. The summed E-state index contributed by atoms with van der Waals surface area (Å²) in [6, 6.07) is 6.33. The molecule has 1 aliphatic heterocycles. The monoisotopic (exact) mass is 234 g/mol. The van der Waals surface area contributed by atoms with Crippen LogP contribution in [0.4, 0.5) is 0 Å². The Labute approximate surface area is 100 Å². The van der Waals surface area contributed by atoms with Gasteiger partial charge in [-0.1, -0.05) is 12.1 Å². The van der Waals surface area contributed by atoms with Crippen molar-refractivity contribution in [3.8, 4) is 0 Å². The van der Waals surface area contributed by atoms with Crippen LogP contribution in [-0.4, -0.2) is 41.2 Å². The Kier molecular flexibility index (Phi) is 3.78. The van der Waals surface area contributed by atoms with Crippen molar-refractivity contribution in [1.29, 1.82) is 0 Å². The largest absolute Gasteiger partial charge is 0.488 e. The zero-order chi connectivity index (χ0) is 12.3. The molecule has 0 aromatic heterocycles. The number of rotatable bonds is 3. The summed E-state index contributed by atoms with van der Waals surface area (Å²) >= 11 is 0. The molecule has 1 aromatic rings. The molecule has 1 saturated heterocycles. The molecule has 1 heterocycles. The molecule has 0 bridgehead atoms. The standard InChI is InChI=1S/C11H15BN2O3/c15-11(13-14-6-1-2-7-14)9-4-3-5-10(8-9)12(16)17/h3-5,8,16-17H,1-2,6-7H2,(H,13,15). The number of hydrazine groups is 1. The second kappa shape index (κ2) is 5.31. The van der Waals surface area contributed by atoms with E-state index in [1.807, 2.05) is 5.01 Å². The van der Waals surface area contributed by atoms with Gasteiger partial charge in [-0.15, -0.1) is 0 Å². The minimum atomic E-state index is -1.55.